The van der Waals surface area contributed by atoms with Gasteiger partial charge < -0.3 is 17.9 Å². The highest BCUT2D eigenvalue weighted by molar-refractivity contribution is 7.63. The molecule has 0 fully saturated rings. The van der Waals surface area contributed by atoms with Gasteiger partial charge in [0.05, 0.1) is 16.9 Å². The first-order valence-corrected chi connectivity index (χ1v) is 8.80. The second kappa shape index (κ2) is 7.98. The third kappa shape index (κ3) is 3.75. The highest BCUT2D eigenvalue weighted by Gasteiger charge is 2.37. The van der Waals surface area contributed by atoms with Crippen LogP contribution in [0.5, 0.6) is 0 Å². The molecule has 1 aliphatic rings. The van der Waals surface area contributed by atoms with Gasteiger partial charge in [0.1, 0.15) is 0 Å². The van der Waals surface area contributed by atoms with Crippen molar-refractivity contribution >= 4 is 35.6 Å². The largest absolute Gasteiger partial charge is 0.759 e. The van der Waals surface area contributed by atoms with Crippen LogP contribution in [0.4, 0.5) is 11.4 Å². The number of non-ortho nitro benzene ring substituents is 1. The number of hydrogen-bond donors (Lipinski definition) is 1. The summed E-state index contributed by atoms with van der Waals surface area (Å²) < 4.78 is 0. The van der Waals surface area contributed by atoms with Crippen LogP contribution in [0.1, 0.15) is 18.4 Å². The topological polar surface area (TPSA) is 108 Å². The molecule has 28 heavy (non-hydrogen) atoms. The number of para-hydroxylation sites is 1. The van der Waals surface area contributed by atoms with Gasteiger partial charge in [-0.05, 0) is 24.6 Å². The summed E-state index contributed by atoms with van der Waals surface area (Å²) in [6.45, 7) is 1.67. The number of allylic oxidation sites excluding steroid dienone is 1. The Morgan fingerprint density at radius 1 is 1.25 bits per heavy atom. The number of carbonyl (C=O) groups is 1. The van der Waals surface area contributed by atoms with Crippen molar-refractivity contribution in [1.82, 2.24) is 0 Å². The van der Waals surface area contributed by atoms with Gasteiger partial charge in [-0.1, -0.05) is 35.4 Å². The maximum atomic E-state index is 13.1. The first-order valence-electron chi connectivity index (χ1n) is 8.39. The third-order valence-electron chi connectivity index (χ3n) is 4.49. The Kier molecular flexibility index (Phi) is 5.47. The molecule has 0 spiro atoms. The Bertz CT molecular complexity index is 1040. The lowest BCUT2D eigenvalue weighted by molar-refractivity contribution is -0.384. The number of rotatable bonds is 4. The van der Waals surface area contributed by atoms with E-state index in [0.717, 1.165) is 0 Å². The number of amides is 1. The predicted octanol–water partition coefficient (Wildman–Crippen LogP) is 3.69. The number of nitro groups is 1. The van der Waals surface area contributed by atoms with E-state index in [1.165, 1.54) is 18.2 Å². The summed E-state index contributed by atoms with van der Waals surface area (Å²) in [4.78, 5) is 27.9. The van der Waals surface area contributed by atoms with Crippen molar-refractivity contribution in [1.29, 1.82) is 5.26 Å². The summed E-state index contributed by atoms with van der Waals surface area (Å²) in [5.74, 6) is -1.93. The third-order valence-corrected chi connectivity index (χ3v) is 4.80. The smallest absolute Gasteiger partial charge is 0.269 e. The summed E-state index contributed by atoms with van der Waals surface area (Å²) in [7, 11) is 0. The van der Waals surface area contributed by atoms with Gasteiger partial charge >= 0.3 is 0 Å². The van der Waals surface area contributed by atoms with Crippen LogP contribution < -0.4 is 5.32 Å². The number of carbonyl (C=O) groups excluding carboxylic acids is 1. The standard InChI is InChI=1S/C20H16N4O3S/c1-12-17(19(25)23-14-7-3-2-4-8-14)18(16(11-21)20(28)22-12)13-6-5-9-15(10-13)24(26)27/h2-10,17-18,28H,1H3,(H,23,25)/p-1/t17?,18-/m1/s1. The van der Waals surface area contributed by atoms with Crippen LogP contribution >= 0.6 is 0 Å². The van der Waals surface area contributed by atoms with E-state index in [1.54, 1.807) is 37.3 Å². The Morgan fingerprint density at radius 2 is 1.96 bits per heavy atom. The predicted molar refractivity (Wildman–Crippen MR) is 108 cm³/mol. The lowest BCUT2D eigenvalue weighted by Crippen LogP contribution is -2.36. The van der Waals surface area contributed by atoms with Gasteiger partial charge in [0, 0.05) is 35.0 Å². The van der Waals surface area contributed by atoms with Crippen LogP contribution in [0.15, 0.2) is 70.2 Å². The molecule has 1 N–H and O–H groups in total. The second-order valence-electron chi connectivity index (χ2n) is 6.25. The molecule has 1 heterocycles. The highest BCUT2D eigenvalue weighted by Crippen LogP contribution is 2.39. The Hall–Kier alpha value is -3.57. The molecular formula is C20H15N4O3S-. The van der Waals surface area contributed by atoms with Gasteiger partial charge in [-0.2, -0.15) is 5.26 Å². The molecular weight excluding hydrogens is 376 g/mol. The molecule has 140 valence electrons. The van der Waals surface area contributed by atoms with Crippen LogP contribution in [0.25, 0.3) is 0 Å². The fourth-order valence-electron chi connectivity index (χ4n) is 3.22. The minimum absolute atomic E-state index is 0.0975. The molecule has 0 saturated carbocycles. The number of benzene rings is 2. The monoisotopic (exact) mass is 391 g/mol. The van der Waals surface area contributed by atoms with E-state index in [4.69, 9.17) is 12.6 Å². The van der Waals surface area contributed by atoms with E-state index >= 15 is 0 Å². The zero-order valence-corrected chi connectivity index (χ0v) is 15.6. The molecule has 1 aliphatic heterocycles. The summed E-state index contributed by atoms with van der Waals surface area (Å²) >= 11 is 5.22. The van der Waals surface area contributed by atoms with Gasteiger partial charge in [0.25, 0.3) is 5.69 Å². The molecule has 8 heteroatoms. The van der Waals surface area contributed by atoms with Crippen LogP contribution in [-0.2, 0) is 17.4 Å². The van der Waals surface area contributed by atoms with Crippen molar-refractivity contribution in [2.75, 3.05) is 5.32 Å². The van der Waals surface area contributed by atoms with Crippen LogP contribution in [0, 0.1) is 27.4 Å². The van der Waals surface area contributed by atoms with Crippen LogP contribution in [0.3, 0.4) is 0 Å². The van der Waals surface area contributed by atoms with Crippen molar-refractivity contribution in [2.24, 2.45) is 10.9 Å². The van der Waals surface area contributed by atoms with Gasteiger partial charge in [0.2, 0.25) is 5.91 Å². The summed E-state index contributed by atoms with van der Waals surface area (Å²) in [5.41, 5.74) is 1.55. The number of nitrogens with one attached hydrogen (secondary N) is 1. The van der Waals surface area contributed by atoms with Gasteiger partial charge in [-0.15, -0.1) is 0 Å². The molecule has 2 atom stereocenters. The molecule has 2 aromatic carbocycles. The Labute approximate surface area is 167 Å². The van der Waals surface area contributed by atoms with Crippen molar-refractivity contribution in [3.8, 4) is 6.07 Å². The fourth-order valence-corrected chi connectivity index (χ4v) is 3.54. The normalized spacial score (nSPS) is 18.8. The Balaban J connectivity index is 2.07. The maximum absolute atomic E-state index is 13.1. The molecule has 0 aromatic heterocycles. The quantitative estimate of drug-likeness (QED) is 0.486. The van der Waals surface area contributed by atoms with E-state index < -0.39 is 16.8 Å². The van der Waals surface area contributed by atoms with Crippen molar-refractivity contribution < 1.29 is 9.72 Å². The fraction of sp³-hybridized carbons (Fsp3) is 0.150. The van der Waals surface area contributed by atoms with Gasteiger partial charge in [-0.3, -0.25) is 19.9 Å². The average molecular weight is 391 g/mol. The van der Waals surface area contributed by atoms with Crippen LogP contribution in [0.2, 0.25) is 0 Å². The van der Waals surface area contributed by atoms with Crippen molar-refractivity contribution in [2.45, 2.75) is 12.8 Å². The van der Waals surface area contributed by atoms with E-state index in [2.05, 4.69) is 10.3 Å². The molecule has 1 amide bonds. The molecule has 1 unspecified atom stereocenters. The first kappa shape index (κ1) is 19.2. The lowest BCUT2D eigenvalue weighted by Gasteiger charge is -2.33. The molecule has 3 rings (SSSR count). The summed E-state index contributed by atoms with van der Waals surface area (Å²) in [6.07, 6.45) is 0. The molecule has 0 aliphatic carbocycles. The number of aliphatic imine (C=N–C) groups is 1. The van der Waals surface area contributed by atoms with E-state index in [0.29, 0.717) is 17.0 Å². The minimum Gasteiger partial charge on any atom is -0.759 e. The molecule has 0 bridgehead atoms. The van der Waals surface area contributed by atoms with E-state index in [9.17, 15) is 20.2 Å². The second-order valence-corrected chi connectivity index (χ2v) is 6.63. The number of anilines is 1. The first-order chi connectivity index (χ1) is 13.4. The van der Waals surface area contributed by atoms with Crippen molar-refractivity contribution in [3.63, 3.8) is 0 Å². The lowest BCUT2D eigenvalue weighted by atomic mass is 9.76. The van der Waals surface area contributed by atoms with Crippen molar-refractivity contribution in [3.05, 3.63) is 80.9 Å². The summed E-state index contributed by atoms with van der Waals surface area (Å²) in [6, 6.07) is 16.8. The zero-order chi connectivity index (χ0) is 20.3. The molecule has 2 aromatic rings. The number of nitro benzene ring substituents is 1. The maximum Gasteiger partial charge on any atom is 0.269 e. The Morgan fingerprint density at radius 3 is 2.61 bits per heavy atom. The van der Waals surface area contributed by atoms with E-state index in [1.807, 2.05) is 12.1 Å². The SMILES string of the molecule is CC1=NC([S-])=C(C#N)[C@@H](c2cccc([N+](=O)[O-])c2)C1C(=O)Nc1ccccc1. The van der Waals surface area contributed by atoms with Gasteiger partial charge in [0.15, 0.2) is 0 Å². The van der Waals surface area contributed by atoms with Crippen LogP contribution in [-0.4, -0.2) is 16.5 Å². The molecule has 0 saturated heterocycles. The zero-order valence-electron chi connectivity index (χ0n) is 14.8. The number of nitrogens with zero attached hydrogens (tertiary/aromatic N) is 3. The van der Waals surface area contributed by atoms with Gasteiger partial charge in [-0.25, -0.2) is 0 Å². The minimum atomic E-state index is -0.816. The number of hydrogen-bond acceptors (Lipinski definition) is 6. The number of nitriles is 1. The highest BCUT2D eigenvalue weighted by atomic mass is 32.1. The van der Waals surface area contributed by atoms with E-state index in [-0.39, 0.29) is 22.2 Å². The average Bonchev–Trinajstić information content (AvgIpc) is 2.68. The summed E-state index contributed by atoms with van der Waals surface area (Å²) in [5, 5.41) is 23.7. The molecule has 0 radical (unpaired) electrons. The molecule has 7 nitrogen and oxygen atoms in total.